The lowest BCUT2D eigenvalue weighted by atomic mass is 9.94. The van der Waals surface area contributed by atoms with Crippen LogP contribution in [0.1, 0.15) is 38.7 Å². The predicted molar refractivity (Wildman–Crippen MR) is 80.7 cm³/mol. The Morgan fingerprint density at radius 3 is 2.48 bits per heavy atom. The summed E-state index contributed by atoms with van der Waals surface area (Å²) < 4.78 is 10.7. The Labute approximate surface area is 126 Å². The monoisotopic (exact) mass is 292 g/mol. The summed E-state index contributed by atoms with van der Waals surface area (Å²) in [5.41, 5.74) is 0.982. The van der Waals surface area contributed by atoms with Crippen LogP contribution in [0.4, 0.5) is 0 Å². The highest BCUT2D eigenvalue weighted by Gasteiger charge is 2.28. The third kappa shape index (κ3) is 6.08. The summed E-state index contributed by atoms with van der Waals surface area (Å²) in [6, 6.07) is 9.61. The summed E-state index contributed by atoms with van der Waals surface area (Å²) in [6.45, 7) is 4.80. The molecule has 1 aromatic rings. The Bertz CT molecular complexity index is 405. The van der Waals surface area contributed by atoms with Crippen LogP contribution in [-0.4, -0.2) is 25.0 Å². The fraction of sp³-hybridized carbons (Fsp3) is 0.529. The van der Waals surface area contributed by atoms with Gasteiger partial charge in [-0.2, -0.15) is 0 Å². The molecule has 1 aromatic carbocycles. The molecule has 1 rings (SSSR count). The SMILES string of the molecule is CCCC[C@@H](C)[C@@H](OC=O)[C@H](C=O)OCc1ccccc1. The summed E-state index contributed by atoms with van der Waals surface area (Å²) in [7, 11) is 0. The van der Waals surface area contributed by atoms with Crippen LogP contribution in [0, 0.1) is 5.92 Å². The summed E-state index contributed by atoms with van der Waals surface area (Å²) >= 11 is 0. The van der Waals surface area contributed by atoms with E-state index in [0.717, 1.165) is 31.1 Å². The molecule has 0 amide bonds. The van der Waals surface area contributed by atoms with Crippen LogP contribution in [0.3, 0.4) is 0 Å². The number of carbonyl (C=O) groups is 2. The molecule has 0 N–H and O–H groups in total. The zero-order valence-corrected chi connectivity index (χ0v) is 12.7. The van der Waals surface area contributed by atoms with Crippen molar-refractivity contribution < 1.29 is 19.1 Å². The maximum atomic E-state index is 11.3. The van der Waals surface area contributed by atoms with Gasteiger partial charge in [-0.1, -0.05) is 57.0 Å². The zero-order chi connectivity index (χ0) is 15.5. The molecule has 0 aliphatic heterocycles. The van der Waals surface area contributed by atoms with Crippen molar-refractivity contribution in [1.82, 2.24) is 0 Å². The lowest BCUT2D eigenvalue weighted by Gasteiger charge is -2.27. The quantitative estimate of drug-likeness (QED) is 0.588. The molecule has 0 aromatic heterocycles. The summed E-state index contributed by atoms with van der Waals surface area (Å²) in [6.07, 6.45) is 2.45. The first-order valence-corrected chi connectivity index (χ1v) is 7.42. The number of benzene rings is 1. The molecular weight excluding hydrogens is 268 g/mol. The minimum absolute atomic E-state index is 0.0844. The van der Waals surface area contributed by atoms with Gasteiger partial charge < -0.3 is 14.3 Å². The molecule has 0 bridgehead atoms. The minimum atomic E-state index is -0.734. The van der Waals surface area contributed by atoms with Crippen LogP contribution in [0.5, 0.6) is 0 Å². The van der Waals surface area contributed by atoms with E-state index in [1.807, 2.05) is 37.3 Å². The van der Waals surface area contributed by atoms with Crippen molar-refractivity contribution in [3.63, 3.8) is 0 Å². The topological polar surface area (TPSA) is 52.6 Å². The van der Waals surface area contributed by atoms with E-state index in [1.54, 1.807) is 0 Å². The molecule has 4 heteroatoms. The van der Waals surface area contributed by atoms with Gasteiger partial charge in [0, 0.05) is 0 Å². The first kappa shape index (κ1) is 17.4. The largest absolute Gasteiger partial charge is 0.461 e. The Hall–Kier alpha value is -1.68. The van der Waals surface area contributed by atoms with Gasteiger partial charge in [-0.05, 0) is 17.9 Å². The molecule has 0 aliphatic carbocycles. The summed E-state index contributed by atoms with van der Waals surface area (Å²) in [5.74, 6) is 0.0844. The second-order valence-electron chi connectivity index (χ2n) is 5.21. The molecule has 3 atom stereocenters. The van der Waals surface area contributed by atoms with Gasteiger partial charge in [0.15, 0.2) is 12.4 Å². The van der Waals surface area contributed by atoms with Crippen LogP contribution in [0.2, 0.25) is 0 Å². The highest BCUT2D eigenvalue weighted by atomic mass is 16.6. The van der Waals surface area contributed by atoms with Crippen molar-refractivity contribution in [2.75, 3.05) is 0 Å². The van der Waals surface area contributed by atoms with E-state index in [0.29, 0.717) is 13.1 Å². The van der Waals surface area contributed by atoms with E-state index in [-0.39, 0.29) is 5.92 Å². The summed E-state index contributed by atoms with van der Waals surface area (Å²) in [5, 5.41) is 0. The molecule has 0 aliphatic rings. The predicted octanol–water partition coefficient (Wildman–Crippen LogP) is 3.14. The maximum Gasteiger partial charge on any atom is 0.293 e. The number of aldehydes is 1. The third-order valence-corrected chi connectivity index (χ3v) is 3.53. The average Bonchev–Trinajstić information content (AvgIpc) is 2.53. The van der Waals surface area contributed by atoms with E-state index in [2.05, 4.69) is 6.92 Å². The van der Waals surface area contributed by atoms with Crippen molar-refractivity contribution in [1.29, 1.82) is 0 Å². The van der Waals surface area contributed by atoms with E-state index in [9.17, 15) is 9.59 Å². The number of rotatable bonds is 11. The maximum absolute atomic E-state index is 11.3. The molecule has 0 fully saturated rings. The van der Waals surface area contributed by atoms with Gasteiger partial charge in [0.25, 0.3) is 6.47 Å². The Balaban J connectivity index is 2.63. The number of ether oxygens (including phenoxy) is 2. The van der Waals surface area contributed by atoms with Crippen LogP contribution in [0.15, 0.2) is 30.3 Å². The molecule has 0 saturated carbocycles. The number of hydrogen-bond acceptors (Lipinski definition) is 4. The Kier molecular flexibility index (Phi) is 8.36. The van der Waals surface area contributed by atoms with Gasteiger partial charge in [0.05, 0.1) is 6.61 Å². The van der Waals surface area contributed by atoms with Crippen molar-refractivity contribution in [3.8, 4) is 0 Å². The van der Waals surface area contributed by atoms with Crippen molar-refractivity contribution in [2.24, 2.45) is 5.92 Å². The van der Waals surface area contributed by atoms with Gasteiger partial charge in [0.1, 0.15) is 6.10 Å². The van der Waals surface area contributed by atoms with Gasteiger partial charge in [-0.15, -0.1) is 0 Å². The average molecular weight is 292 g/mol. The highest BCUT2D eigenvalue weighted by molar-refractivity contribution is 5.58. The van der Waals surface area contributed by atoms with Crippen molar-refractivity contribution in [3.05, 3.63) is 35.9 Å². The molecule has 0 spiro atoms. The molecule has 21 heavy (non-hydrogen) atoms. The molecule has 116 valence electrons. The van der Waals surface area contributed by atoms with E-state index in [4.69, 9.17) is 9.47 Å². The van der Waals surface area contributed by atoms with Crippen LogP contribution in [-0.2, 0) is 25.7 Å². The fourth-order valence-corrected chi connectivity index (χ4v) is 2.27. The summed E-state index contributed by atoms with van der Waals surface area (Å²) in [4.78, 5) is 22.0. The van der Waals surface area contributed by atoms with Gasteiger partial charge >= 0.3 is 0 Å². The van der Waals surface area contributed by atoms with Gasteiger partial charge in [-0.25, -0.2) is 0 Å². The normalized spacial score (nSPS) is 15.0. The second-order valence-corrected chi connectivity index (χ2v) is 5.21. The van der Waals surface area contributed by atoms with E-state index in [1.165, 1.54) is 0 Å². The standard InChI is InChI=1S/C17H24O4/c1-3-4-8-14(2)17(21-13-19)16(11-18)20-12-15-9-6-5-7-10-15/h5-7,9-11,13-14,16-17H,3-4,8,12H2,1-2H3/t14-,16+,17-/m1/s1. The fourth-order valence-electron chi connectivity index (χ4n) is 2.27. The van der Waals surface area contributed by atoms with Crippen molar-refractivity contribution >= 4 is 12.8 Å². The number of carbonyl (C=O) groups excluding carboxylic acids is 2. The number of hydrogen-bond donors (Lipinski definition) is 0. The lowest BCUT2D eigenvalue weighted by molar-refractivity contribution is -0.151. The molecule has 0 saturated heterocycles. The smallest absolute Gasteiger partial charge is 0.293 e. The molecule has 0 unspecified atom stereocenters. The zero-order valence-electron chi connectivity index (χ0n) is 12.7. The first-order chi connectivity index (χ1) is 10.2. The Morgan fingerprint density at radius 1 is 1.19 bits per heavy atom. The van der Waals surface area contributed by atoms with E-state index < -0.39 is 12.2 Å². The van der Waals surface area contributed by atoms with Gasteiger partial charge in [0.2, 0.25) is 0 Å². The second kappa shape index (κ2) is 10.1. The third-order valence-electron chi connectivity index (χ3n) is 3.53. The van der Waals surface area contributed by atoms with E-state index >= 15 is 0 Å². The Morgan fingerprint density at radius 2 is 1.90 bits per heavy atom. The molecule has 4 nitrogen and oxygen atoms in total. The van der Waals surface area contributed by atoms with Crippen LogP contribution in [0.25, 0.3) is 0 Å². The number of unbranched alkanes of at least 4 members (excludes halogenated alkanes) is 1. The molecular formula is C17H24O4. The minimum Gasteiger partial charge on any atom is -0.461 e. The molecule has 0 heterocycles. The molecule has 0 radical (unpaired) electrons. The highest BCUT2D eigenvalue weighted by Crippen LogP contribution is 2.20. The van der Waals surface area contributed by atoms with Crippen LogP contribution >= 0.6 is 0 Å². The van der Waals surface area contributed by atoms with Gasteiger partial charge in [-0.3, -0.25) is 4.79 Å². The van der Waals surface area contributed by atoms with Crippen molar-refractivity contribution in [2.45, 2.75) is 51.9 Å². The lowest BCUT2D eigenvalue weighted by Crippen LogP contribution is -2.38. The van der Waals surface area contributed by atoms with Crippen LogP contribution < -0.4 is 0 Å². The first-order valence-electron chi connectivity index (χ1n) is 7.42.